The van der Waals surface area contributed by atoms with E-state index in [-0.39, 0.29) is 16.7 Å². The molecule has 0 radical (unpaired) electrons. The summed E-state index contributed by atoms with van der Waals surface area (Å²) in [6, 6.07) is 9.70. The molecule has 0 N–H and O–H groups in total. The molecule has 2 nitrogen and oxygen atoms in total. The van der Waals surface area contributed by atoms with Gasteiger partial charge in [-0.3, -0.25) is 4.79 Å². The predicted molar refractivity (Wildman–Crippen MR) is 59.6 cm³/mol. The van der Waals surface area contributed by atoms with Gasteiger partial charge in [-0.05, 0) is 12.5 Å². The van der Waals surface area contributed by atoms with Gasteiger partial charge in [0.2, 0.25) is 0 Å². The third-order valence-electron chi connectivity index (χ3n) is 2.04. The average molecular weight is 257 g/mol. The fourth-order valence-corrected chi connectivity index (χ4v) is 1.80. The lowest BCUT2D eigenvalue weighted by Gasteiger charge is -2.19. The summed E-state index contributed by atoms with van der Waals surface area (Å²) in [6.45, 7) is 1.55. The monoisotopic (exact) mass is 256 g/mol. The fraction of sp³-hybridized carbons (Fsp3) is 0.364. The summed E-state index contributed by atoms with van der Waals surface area (Å²) < 4.78 is 5.29. The van der Waals surface area contributed by atoms with Crippen LogP contribution in [0.25, 0.3) is 0 Å². The Morgan fingerprint density at radius 2 is 1.93 bits per heavy atom. The number of alkyl halides is 1. The highest BCUT2D eigenvalue weighted by molar-refractivity contribution is 9.10. The third-order valence-corrected chi connectivity index (χ3v) is 3.16. The van der Waals surface area contributed by atoms with Crippen LogP contribution in [0.2, 0.25) is 0 Å². The van der Waals surface area contributed by atoms with Gasteiger partial charge in [-0.15, -0.1) is 0 Å². The van der Waals surface area contributed by atoms with E-state index in [1.807, 2.05) is 30.3 Å². The molecule has 0 heterocycles. The van der Waals surface area contributed by atoms with Crippen LogP contribution in [0.1, 0.15) is 18.6 Å². The Balaban J connectivity index is 2.87. The first kappa shape index (κ1) is 11.4. The highest BCUT2D eigenvalue weighted by atomic mass is 79.9. The van der Waals surface area contributed by atoms with Crippen molar-refractivity contribution in [3.05, 3.63) is 35.9 Å². The fourth-order valence-electron chi connectivity index (χ4n) is 1.28. The summed E-state index contributed by atoms with van der Waals surface area (Å²) in [5, 5.41) is 0. The summed E-state index contributed by atoms with van der Waals surface area (Å²) >= 11 is 3.33. The quantitative estimate of drug-likeness (QED) is 0.775. The first-order valence-corrected chi connectivity index (χ1v) is 5.30. The molecule has 0 bridgehead atoms. The van der Waals surface area contributed by atoms with Crippen molar-refractivity contribution in [2.75, 3.05) is 7.11 Å². The molecule has 76 valence electrons. The maximum absolute atomic E-state index is 11.2. The number of carbonyl (C=O) groups excluding carboxylic acids is 1. The van der Waals surface area contributed by atoms with Gasteiger partial charge in [-0.25, -0.2) is 0 Å². The van der Waals surface area contributed by atoms with Crippen molar-refractivity contribution >= 4 is 21.7 Å². The van der Waals surface area contributed by atoms with Gasteiger partial charge in [0, 0.05) is 7.11 Å². The van der Waals surface area contributed by atoms with Gasteiger partial charge in [-0.1, -0.05) is 46.3 Å². The van der Waals surface area contributed by atoms with Crippen molar-refractivity contribution in [3.8, 4) is 0 Å². The lowest BCUT2D eigenvalue weighted by molar-refractivity contribution is -0.118. The van der Waals surface area contributed by atoms with E-state index in [0.717, 1.165) is 5.56 Å². The number of benzene rings is 1. The summed E-state index contributed by atoms with van der Waals surface area (Å²) in [7, 11) is 1.61. The molecule has 0 aliphatic heterocycles. The van der Waals surface area contributed by atoms with E-state index in [1.54, 1.807) is 14.0 Å². The van der Waals surface area contributed by atoms with Gasteiger partial charge in [-0.2, -0.15) is 0 Å². The predicted octanol–water partition coefficient (Wildman–Crippen LogP) is 2.73. The van der Waals surface area contributed by atoms with E-state index >= 15 is 0 Å². The zero-order chi connectivity index (χ0) is 10.6. The van der Waals surface area contributed by atoms with Crippen LogP contribution in [-0.4, -0.2) is 17.7 Å². The van der Waals surface area contributed by atoms with E-state index in [2.05, 4.69) is 15.9 Å². The number of halogens is 1. The van der Waals surface area contributed by atoms with Gasteiger partial charge in [0.05, 0.1) is 0 Å². The zero-order valence-electron chi connectivity index (χ0n) is 8.24. The number of carbonyl (C=O) groups is 1. The number of methoxy groups -OCH3 is 1. The standard InChI is InChI=1S/C11H13BrO2/c1-8(13)10(12)11(14-2)9-6-4-3-5-7-9/h3-7,10-11H,1-2H3/t10-,11+/m1/s1. The van der Waals surface area contributed by atoms with Crippen LogP contribution in [0, 0.1) is 0 Å². The Labute approximate surface area is 92.4 Å². The van der Waals surface area contributed by atoms with Crippen molar-refractivity contribution in [2.24, 2.45) is 0 Å². The van der Waals surface area contributed by atoms with Crippen LogP contribution in [-0.2, 0) is 9.53 Å². The molecule has 0 aliphatic rings. The number of ether oxygens (including phenoxy) is 1. The Bertz CT molecular complexity index is 297. The number of ketones is 1. The van der Waals surface area contributed by atoms with E-state index in [9.17, 15) is 4.79 Å². The Kier molecular flexibility index (Phi) is 4.29. The SMILES string of the molecule is CO[C@@H](c1ccccc1)[C@H](Br)C(C)=O. The van der Waals surface area contributed by atoms with E-state index in [0.29, 0.717) is 0 Å². The van der Waals surface area contributed by atoms with Crippen LogP contribution in [0.15, 0.2) is 30.3 Å². The van der Waals surface area contributed by atoms with E-state index < -0.39 is 0 Å². The number of rotatable bonds is 4. The molecule has 1 aromatic carbocycles. The lowest BCUT2D eigenvalue weighted by Crippen LogP contribution is -2.21. The van der Waals surface area contributed by atoms with Crippen LogP contribution in [0.4, 0.5) is 0 Å². The van der Waals surface area contributed by atoms with Crippen molar-refractivity contribution in [1.29, 1.82) is 0 Å². The second kappa shape index (κ2) is 5.27. The second-order valence-corrected chi connectivity index (χ2v) is 4.07. The minimum Gasteiger partial charge on any atom is -0.375 e. The molecule has 3 heteroatoms. The molecular formula is C11H13BrO2. The number of hydrogen-bond donors (Lipinski definition) is 0. The van der Waals surface area contributed by atoms with Gasteiger partial charge in [0.25, 0.3) is 0 Å². The van der Waals surface area contributed by atoms with Gasteiger partial charge < -0.3 is 4.74 Å². The summed E-state index contributed by atoms with van der Waals surface area (Å²) in [4.78, 5) is 10.9. The lowest BCUT2D eigenvalue weighted by atomic mass is 10.0. The molecule has 14 heavy (non-hydrogen) atoms. The van der Waals surface area contributed by atoms with Crippen molar-refractivity contribution < 1.29 is 9.53 Å². The molecule has 0 spiro atoms. The molecule has 0 unspecified atom stereocenters. The first-order valence-electron chi connectivity index (χ1n) is 4.39. The van der Waals surface area contributed by atoms with Gasteiger partial charge >= 0.3 is 0 Å². The summed E-state index contributed by atoms with van der Waals surface area (Å²) in [5.41, 5.74) is 1.01. The molecule has 0 amide bonds. The van der Waals surface area contributed by atoms with Gasteiger partial charge in [0.1, 0.15) is 16.7 Å². The highest BCUT2D eigenvalue weighted by Crippen LogP contribution is 2.26. The molecule has 0 fully saturated rings. The largest absolute Gasteiger partial charge is 0.375 e. The Morgan fingerprint density at radius 3 is 2.36 bits per heavy atom. The smallest absolute Gasteiger partial charge is 0.146 e. The number of hydrogen-bond acceptors (Lipinski definition) is 2. The summed E-state index contributed by atoms with van der Waals surface area (Å²) in [6.07, 6.45) is -0.214. The van der Waals surface area contributed by atoms with Gasteiger partial charge in [0.15, 0.2) is 0 Å². The van der Waals surface area contributed by atoms with Crippen molar-refractivity contribution in [1.82, 2.24) is 0 Å². The molecule has 0 saturated heterocycles. The van der Waals surface area contributed by atoms with E-state index in [4.69, 9.17) is 4.74 Å². The van der Waals surface area contributed by atoms with Crippen molar-refractivity contribution in [3.63, 3.8) is 0 Å². The minimum atomic E-state index is -0.283. The van der Waals surface area contributed by atoms with E-state index in [1.165, 1.54) is 0 Å². The normalized spacial score (nSPS) is 14.8. The van der Waals surface area contributed by atoms with Crippen LogP contribution in [0.5, 0.6) is 0 Å². The Hall–Kier alpha value is -0.670. The molecule has 1 aromatic rings. The minimum absolute atomic E-state index is 0.0701. The molecule has 1 rings (SSSR count). The van der Waals surface area contributed by atoms with Crippen LogP contribution in [0.3, 0.4) is 0 Å². The second-order valence-electron chi connectivity index (χ2n) is 3.08. The van der Waals surface area contributed by atoms with Crippen LogP contribution >= 0.6 is 15.9 Å². The maximum atomic E-state index is 11.2. The zero-order valence-corrected chi connectivity index (χ0v) is 9.82. The third kappa shape index (κ3) is 2.66. The summed E-state index contributed by atoms with van der Waals surface area (Å²) in [5.74, 6) is 0.0701. The molecule has 2 atom stereocenters. The molecule has 0 saturated carbocycles. The molecular weight excluding hydrogens is 244 g/mol. The number of Topliss-reactive ketones (excluding diaryl/α,β-unsaturated/α-hetero) is 1. The first-order chi connectivity index (χ1) is 6.66. The van der Waals surface area contributed by atoms with Crippen molar-refractivity contribution in [2.45, 2.75) is 17.9 Å². The molecule has 0 aliphatic carbocycles. The topological polar surface area (TPSA) is 26.3 Å². The highest BCUT2D eigenvalue weighted by Gasteiger charge is 2.23. The molecule has 0 aromatic heterocycles. The average Bonchev–Trinajstić information content (AvgIpc) is 2.20. The Morgan fingerprint density at radius 1 is 1.36 bits per heavy atom. The van der Waals surface area contributed by atoms with Crippen LogP contribution < -0.4 is 0 Å². The maximum Gasteiger partial charge on any atom is 0.146 e.